The van der Waals surface area contributed by atoms with E-state index in [4.69, 9.17) is 9.47 Å². The fourth-order valence-electron chi connectivity index (χ4n) is 3.65. The van der Waals surface area contributed by atoms with Crippen LogP contribution in [0.1, 0.15) is 5.56 Å². The summed E-state index contributed by atoms with van der Waals surface area (Å²) in [5.41, 5.74) is 2.82. The molecule has 0 saturated carbocycles. The van der Waals surface area contributed by atoms with E-state index in [1.807, 2.05) is 54.6 Å². The Bertz CT molecular complexity index is 1450. The molecule has 8 heteroatoms. The van der Waals surface area contributed by atoms with Crippen molar-refractivity contribution >= 4 is 16.7 Å². The van der Waals surface area contributed by atoms with Gasteiger partial charge in [0.1, 0.15) is 17.8 Å². The minimum absolute atomic E-state index is 0.156. The fourth-order valence-corrected chi connectivity index (χ4v) is 3.65. The van der Waals surface area contributed by atoms with E-state index < -0.39 is 0 Å². The zero-order valence-corrected chi connectivity index (χ0v) is 17.0. The Morgan fingerprint density at radius 3 is 2.55 bits per heavy atom. The van der Waals surface area contributed by atoms with Crippen molar-refractivity contribution in [3.05, 3.63) is 83.0 Å². The highest BCUT2D eigenvalue weighted by atomic mass is 16.5. The van der Waals surface area contributed by atoms with Gasteiger partial charge in [0.2, 0.25) is 0 Å². The van der Waals surface area contributed by atoms with Crippen LogP contribution < -0.4 is 15.0 Å². The van der Waals surface area contributed by atoms with Gasteiger partial charge in [0, 0.05) is 11.8 Å². The largest absolute Gasteiger partial charge is 0.497 e. The van der Waals surface area contributed by atoms with E-state index in [0.717, 1.165) is 16.9 Å². The molecule has 31 heavy (non-hydrogen) atoms. The minimum atomic E-state index is -0.156. The van der Waals surface area contributed by atoms with E-state index in [1.165, 1.54) is 6.33 Å². The summed E-state index contributed by atoms with van der Waals surface area (Å²) in [4.78, 5) is 22.3. The smallest absolute Gasteiger partial charge is 0.262 e. The molecule has 0 atom stereocenters. The van der Waals surface area contributed by atoms with E-state index in [9.17, 15) is 4.79 Å². The van der Waals surface area contributed by atoms with Crippen LogP contribution in [-0.4, -0.2) is 38.4 Å². The lowest BCUT2D eigenvalue weighted by Crippen LogP contribution is -2.22. The molecular formula is C23H19N5O3. The Morgan fingerprint density at radius 1 is 0.968 bits per heavy atom. The molecule has 0 N–H and O–H groups in total. The van der Waals surface area contributed by atoms with Crippen LogP contribution in [0.2, 0.25) is 0 Å². The second kappa shape index (κ2) is 7.56. The van der Waals surface area contributed by atoms with Crippen LogP contribution >= 0.6 is 0 Å². The SMILES string of the molecule is COc1ccc(Cn2ccc3nc4ncnn4c(-c4cccc(OC)c4)c3c2=O)cc1. The number of fused-ring (bicyclic) bond motifs is 2. The zero-order valence-electron chi connectivity index (χ0n) is 17.0. The Kier molecular flexibility index (Phi) is 4.59. The van der Waals surface area contributed by atoms with Gasteiger partial charge in [-0.1, -0.05) is 24.3 Å². The van der Waals surface area contributed by atoms with Crippen LogP contribution in [0.5, 0.6) is 11.5 Å². The van der Waals surface area contributed by atoms with E-state index in [2.05, 4.69) is 15.1 Å². The molecule has 0 fully saturated rings. The van der Waals surface area contributed by atoms with Crippen LogP contribution in [0.3, 0.4) is 0 Å². The first kappa shape index (κ1) is 18.8. The highest BCUT2D eigenvalue weighted by Crippen LogP contribution is 2.28. The van der Waals surface area contributed by atoms with Gasteiger partial charge in [0.05, 0.1) is 37.4 Å². The molecule has 154 valence electrons. The number of nitrogens with zero attached hydrogens (tertiary/aromatic N) is 5. The Morgan fingerprint density at radius 2 is 1.77 bits per heavy atom. The van der Waals surface area contributed by atoms with Crippen molar-refractivity contribution in [3.8, 4) is 22.8 Å². The van der Waals surface area contributed by atoms with E-state index in [1.54, 1.807) is 29.5 Å². The first-order chi connectivity index (χ1) is 15.2. The second-order valence-corrected chi connectivity index (χ2v) is 7.02. The lowest BCUT2D eigenvalue weighted by Gasteiger charge is -2.12. The van der Waals surface area contributed by atoms with Crippen molar-refractivity contribution in [2.24, 2.45) is 0 Å². The maximum absolute atomic E-state index is 13.6. The molecule has 0 spiro atoms. The summed E-state index contributed by atoms with van der Waals surface area (Å²) in [6.45, 7) is 0.422. The number of ether oxygens (including phenoxy) is 2. The molecule has 3 aromatic heterocycles. The summed E-state index contributed by atoms with van der Waals surface area (Å²) in [5.74, 6) is 1.88. The van der Waals surface area contributed by atoms with Crippen molar-refractivity contribution in [1.82, 2.24) is 24.1 Å². The minimum Gasteiger partial charge on any atom is -0.497 e. The van der Waals surface area contributed by atoms with Crippen molar-refractivity contribution in [1.29, 1.82) is 0 Å². The fraction of sp³-hybridized carbons (Fsp3) is 0.130. The third-order valence-electron chi connectivity index (χ3n) is 5.20. The van der Waals surface area contributed by atoms with Gasteiger partial charge in [-0.25, -0.2) is 4.98 Å². The molecule has 0 amide bonds. The Balaban J connectivity index is 1.73. The molecule has 5 aromatic rings. The first-order valence-corrected chi connectivity index (χ1v) is 9.68. The van der Waals surface area contributed by atoms with Crippen LogP contribution in [0, 0.1) is 0 Å². The normalized spacial score (nSPS) is 11.2. The van der Waals surface area contributed by atoms with Gasteiger partial charge >= 0.3 is 0 Å². The summed E-state index contributed by atoms with van der Waals surface area (Å²) in [6, 6.07) is 17.0. The molecule has 0 aliphatic carbocycles. The maximum Gasteiger partial charge on any atom is 0.262 e. The maximum atomic E-state index is 13.6. The lowest BCUT2D eigenvalue weighted by molar-refractivity contribution is 0.414. The molecule has 0 unspecified atom stereocenters. The molecule has 3 heterocycles. The van der Waals surface area contributed by atoms with Crippen LogP contribution in [-0.2, 0) is 6.54 Å². The number of aromatic nitrogens is 5. The molecule has 0 aliphatic heterocycles. The first-order valence-electron chi connectivity index (χ1n) is 9.68. The highest BCUT2D eigenvalue weighted by Gasteiger charge is 2.17. The zero-order chi connectivity index (χ0) is 21.4. The third-order valence-corrected chi connectivity index (χ3v) is 5.20. The summed E-state index contributed by atoms with van der Waals surface area (Å²) in [5, 5.41) is 4.79. The number of methoxy groups -OCH3 is 2. The third kappa shape index (κ3) is 3.28. The molecule has 5 rings (SSSR count). The average molecular weight is 413 g/mol. The van der Waals surface area contributed by atoms with Crippen molar-refractivity contribution < 1.29 is 9.47 Å². The average Bonchev–Trinajstić information content (AvgIpc) is 3.28. The summed E-state index contributed by atoms with van der Waals surface area (Å²) in [6.07, 6.45) is 3.19. The van der Waals surface area contributed by atoms with Crippen LogP contribution in [0.25, 0.3) is 27.9 Å². The molecule has 0 radical (unpaired) electrons. The van der Waals surface area contributed by atoms with Gasteiger partial charge in [0.15, 0.2) is 0 Å². The van der Waals surface area contributed by atoms with Gasteiger partial charge in [-0.3, -0.25) is 4.79 Å². The Hall–Kier alpha value is -4.20. The van der Waals surface area contributed by atoms with Crippen molar-refractivity contribution in [2.45, 2.75) is 6.54 Å². The monoisotopic (exact) mass is 413 g/mol. The van der Waals surface area contributed by atoms with Crippen molar-refractivity contribution in [3.63, 3.8) is 0 Å². The molecule has 8 nitrogen and oxygen atoms in total. The predicted molar refractivity (Wildman–Crippen MR) is 117 cm³/mol. The van der Waals surface area contributed by atoms with E-state index in [0.29, 0.717) is 34.7 Å². The van der Waals surface area contributed by atoms with E-state index in [-0.39, 0.29) is 5.56 Å². The lowest BCUT2D eigenvalue weighted by atomic mass is 10.1. The highest BCUT2D eigenvalue weighted by molar-refractivity contribution is 5.93. The second-order valence-electron chi connectivity index (χ2n) is 7.02. The van der Waals surface area contributed by atoms with E-state index >= 15 is 0 Å². The Labute approximate surface area is 177 Å². The molecule has 2 aromatic carbocycles. The van der Waals surface area contributed by atoms with Crippen LogP contribution in [0.15, 0.2) is 71.9 Å². The predicted octanol–water partition coefficient (Wildman–Crippen LogP) is 3.17. The van der Waals surface area contributed by atoms with Crippen LogP contribution in [0.4, 0.5) is 0 Å². The van der Waals surface area contributed by atoms with Gasteiger partial charge in [-0.15, -0.1) is 0 Å². The summed E-state index contributed by atoms with van der Waals surface area (Å²) in [7, 11) is 3.23. The molecular weight excluding hydrogens is 394 g/mol. The van der Waals surface area contributed by atoms with Gasteiger partial charge in [-0.05, 0) is 35.9 Å². The molecule has 0 saturated heterocycles. The molecule has 0 bridgehead atoms. The topological polar surface area (TPSA) is 83.5 Å². The summed E-state index contributed by atoms with van der Waals surface area (Å²) >= 11 is 0. The number of hydrogen-bond donors (Lipinski definition) is 0. The quantitative estimate of drug-likeness (QED) is 0.440. The number of pyridine rings is 1. The van der Waals surface area contributed by atoms with Gasteiger partial charge in [0.25, 0.3) is 11.3 Å². The molecule has 0 aliphatic rings. The standard InChI is InChI=1S/C23H19N5O3/c1-30-17-8-6-15(7-9-17)13-27-11-10-19-20(22(27)29)21(28-23(26-19)24-14-25-28)16-4-3-5-18(12-16)31-2/h3-12,14H,13H2,1-2H3. The van der Waals surface area contributed by atoms with Gasteiger partial charge in [-0.2, -0.15) is 14.6 Å². The number of rotatable bonds is 5. The van der Waals surface area contributed by atoms with Crippen molar-refractivity contribution in [2.75, 3.05) is 14.2 Å². The summed E-state index contributed by atoms with van der Waals surface area (Å²) < 4.78 is 13.9. The number of hydrogen-bond acceptors (Lipinski definition) is 6. The number of benzene rings is 2. The van der Waals surface area contributed by atoms with Gasteiger partial charge < -0.3 is 14.0 Å².